The molecule has 0 bridgehead atoms. The van der Waals surface area contributed by atoms with E-state index >= 15 is 0 Å². The third-order valence-corrected chi connectivity index (χ3v) is 4.66. The highest BCUT2D eigenvalue weighted by molar-refractivity contribution is 5.80. The van der Waals surface area contributed by atoms with Gasteiger partial charge in [-0.05, 0) is 36.2 Å². The minimum Gasteiger partial charge on any atom is -0.378 e. The number of rotatable bonds is 6. The Balaban J connectivity index is 1.74. The van der Waals surface area contributed by atoms with E-state index in [2.05, 4.69) is 10.3 Å². The highest BCUT2D eigenvalue weighted by atomic mass is 19.4. The quantitative estimate of drug-likeness (QED) is 0.741. The average molecular weight is 411 g/mol. The highest BCUT2D eigenvalue weighted by Crippen LogP contribution is 2.30. The van der Waals surface area contributed by atoms with Crippen molar-refractivity contribution in [3.63, 3.8) is 0 Å². The molecule has 0 spiro atoms. The Morgan fingerprint density at radius 2 is 1.97 bits per heavy atom. The van der Waals surface area contributed by atoms with Crippen LogP contribution in [-0.2, 0) is 22.1 Å². The lowest BCUT2D eigenvalue weighted by Crippen LogP contribution is -2.45. The smallest absolute Gasteiger partial charge is 0.378 e. The molecule has 1 aliphatic heterocycles. The number of carbonyl (C=O) groups is 1. The molecule has 0 saturated carbocycles. The van der Waals surface area contributed by atoms with E-state index in [1.807, 2.05) is 0 Å². The van der Waals surface area contributed by atoms with Crippen molar-refractivity contribution in [3.8, 4) is 0 Å². The van der Waals surface area contributed by atoms with Gasteiger partial charge in [-0.1, -0.05) is 12.1 Å². The SMILES string of the molecule is O=C(C(CNc1cc(C(F)(F)F)ccn1)Cc1cccc(F)c1)N1CCOCC1. The molecule has 0 aliphatic carbocycles. The molecule has 1 aromatic heterocycles. The van der Waals surface area contributed by atoms with Crippen LogP contribution in [0.15, 0.2) is 42.6 Å². The molecule has 1 atom stereocenters. The maximum absolute atomic E-state index is 13.5. The number of nitrogens with zero attached hydrogens (tertiary/aromatic N) is 2. The van der Waals surface area contributed by atoms with Gasteiger partial charge < -0.3 is 15.0 Å². The van der Waals surface area contributed by atoms with Gasteiger partial charge in [-0.2, -0.15) is 13.2 Å². The lowest BCUT2D eigenvalue weighted by Gasteiger charge is -2.30. The first-order chi connectivity index (χ1) is 13.8. The number of nitrogens with one attached hydrogen (secondary N) is 1. The number of pyridine rings is 1. The number of anilines is 1. The zero-order valence-electron chi connectivity index (χ0n) is 15.6. The van der Waals surface area contributed by atoms with Gasteiger partial charge in [0.25, 0.3) is 0 Å². The third-order valence-electron chi connectivity index (χ3n) is 4.66. The number of hydrogen-bond donors (Lipinski definition) is 1. The van der Waals surface area contributed by atoms with Crippen LogP contribution in [0.1, 0.15) is 11.1 Å². The fourth-order valence-electron chi connectivity index (χ4n) is 3.17. The summed E-state index contributed by atoms with van der Waals surface area (Å²) in [5.74, 6) is -1.13. The first kappa shape index (κ1) is 21.0. The zero-order chi connectivity index (χ0) is 20.9. The van der Waals surface area contributed by atoms with Gasteiger partial charge in [-0.15, -0.1) is 0 Å². The molecule has 3 rings (SSSR count). The van der Waals surface area contributed by atoms with E-state index in [0.717, 1.165) is 18.3 Å². The van der Waals surface area contributed by atoms with Crippen molar-refractivity contribution >= 4 is 11.7 Å². The molecule has 1 aliphatic rings. The van der Waals surface area contributed by atoms with Gasteiger partial charge in [-0.3, -0.25) is 4.79 Å². The van der Waals surface area contributed by atoms with Gasteiger partial charge in [0.15, 0.2) is 0 Å². The highest BCUT2D eigenvalue weighted by Gasteiger charge is 2.31. The maximum atomic E-state index is 13.5. The first-order valence-corrected chi connectivity index (χ1v) is 9.21. The zero-order valence-corrected chi connectivity index (χ0v) is 15.6. The van der Waals surface area contributed by atoms with Gasteiger partial charge >= 0.3 is 6.18 Å². The van der Waals surface area contributed by atoms with E-state index in [0.29, 0.717) is 31.9 Å². The van der Waals surface area contributed by atoms with Crippen LogP contribution in [0.4, 0.5) is 23.4 Å². The summed E-state index contributed by atoms with van der Waals surface area (Å²) < 4.78 is 57.5. The summed E-state index contributed by atoms with van der Waals surface area (Å²) >= 11 is 0. The summed E-state index contributed by atoms with van der Waals surface area (Å²) in [7, 11) is 0. The number of morpholine rings is 1. The lowest BCUT2D eigenvalue weighted by atomic mass is 9.97. The van der Waals surface area contributed by atoms with Gasteiger partial charge in [0, 0.05) is 25.8 Å². The third kappa shape index (κ3) is 5.90. The van der Waals surface area contributed by atoms with Gasteiger partial charge in [-0.25, -0.2) is 9.37 Å². The number of halogens is 4. The van der Waals surface area contributed by atoms with Crippen molar-refractivity contribution in [2.45, 2.75) is 12.6 Å². The van der Waals surface area contributed by atoms with E-state index in [9.17, 15) is 22.4 Å². The molecule has 2 heterocycles. The number of ether oxygens (including phenoxy) is 1. The van der Waals surface area contributed by atoms with Crippen molar-refractivity contribution in [2.75, 3.05) is 38.2 Å². The average Bonchev–Trinajstić information content (AvgIpc) is 2.71. The summed E-state index contributed by atoms with van der Waals surface area (Å²) in [5, 5.41) is 2.83. The normalized spacial score (nSPS) is 15.8. The summed E-state index contributed by atoms with van der Waals surface area (Å²) in [5.41, 5.74) is -0.188. The van der Waals surface area contributed by atoms with Gasteiger partial charge in [0.2, 0.25) is 5.91 Å². The summed E-state index contributed by atoms with van der Waals surface area (Å²) in [6.07, 6.45) is -3.17. The van der Waals surface area contributed by atoms with Crippen molar-refractivity contribution < 1.29 is 27.1 Å². The Bertz CT molecular complexity index is 838. The maximum Gasteiger partial charge on any atom is 0.416 e. The number of alkyl halides is 3. The monoisotopic (exact) mass is 411 g/mol. The van der Waals surface area contributed by atoms with E-state index < -0.39 is 23.5 Å². The summed E-state index contributed by atoms with van der Waals surface area (Å²) in [4.78, 5) is 18.5. The van der Waals surface area contributed by atoms with Crippen LogP contribution in [-0.4, -0.2) is 48.6 Å². The second-order valence-electron chi connectivity index (χ2n) is 6.78. The lowest BCUT2D eigenvalue weighted by molar-refractivity contribution is -0.139. The molecule has 1 unspecified atom stereocenters. The first-order valence-electron chi connectivity index (χ1n) is 9.21. The van der Waals surface area contributed by atoms with Crippen LogP contribution in [0.25, 0.3) is 0 Å². The van der Waals surface area contributed by atoms with Crippen molar-refractivity contribution in [1.82, 2.24) is 9.88 Å². The molecular weight excluding hydrogens is 390 g/mol. The van der Waals surface area contributed by atoms with E-state index in [-0.39, 0.29) is 24.7 Å². The Kier molecular flexibility index (Phi) is 6.68. The van der Waals surface area contributed by atoms with E-state index in [1.54, 1.807) is 17.0 Å². The van der Waals surface area contributed by atoms with E-state index in [1.165, 1.54) is 12.1 Å². The van der Waals surface area contributed by atoms with Crippen LogP contribution in [0.3, 0.4) is 0 Å². The summed E-state index contributed by atoms with van der Waals surface area (Å²) in [6.45, 7) is 1.82. The Labute approximate surface area is 165 Å². The van der Waals surface area contributed by atoms with Crippen LogP contribution in [0.2, 0.25) is 0 Å². The molecular formula is C20H21F4N3O2. The number of aromatic nitrogens is 1. The van der Waals surface area contributed by atoms with Crippen molar-refractivity contribution in [1.29, 1.82) is 0 Å². The molecule has 1 aromatic carbocycles. The van der Waals surface area contributed by atoms with Crippen molar-refractivity contribution in [3.05, 3.63) is 59.5 Å². The fourth-order valence-corrected chi connectivity index (χ4v) is 3.17. The Morgan fingerprint density at radius 3 is 2.66 bits per heavy atom. The second-order valence-corrected chi connectivity index (χ2v) is 6.78. The molecule has 1 amide bonds. The van der Waals surface area contributed by atoms with Crippen molar-refractivity contribution in [2.24, 2.45) is 5.92 Å². The van der Waals surface area contributed by atoms with Crippen LogP contribution in [0.5, 0.6) is 0 Å². The molecule has 29 heavy (non-hydrogen) atoms. The minimum absolute atomic E-state index is 0.0267. The predicted octanol–water partition coefficient (Wildman–Crippen LogP) is 3.37. The molecule has 1 N–H and O–H groups in total. The fraction of sp³-hybridized carbons (Fsp3) is 0.400. The molecule has 5 nitrogen and oxygen atoms in total. The molecule has 1 saturated heterocycles. The topological polar surface area (TPSA) is 54.5 Å². The number of amides is 1. The van der Waals surface area contributed by atoms with Crippen LogP contribution in [0, 0.1) is 11.7 Å². The summed E-state index contributed by atoms with van der Waals surface area (Å²) in [6, 6.07) is 7.72. The van der Waals surface area contributed by atoms with Gasteiger partial charge in [0.05, 0.1) is 24.7 Å². The molecule has 156 valence electrons. The number of carbonyl (C=O) groups excluding carboxylic acids is 1. The molecule has 2 aromatic rings. The standard InChI is InChI=1S/C20H21F4N3O2/c21-17-3-1-2-14(11-17)10-15(19(28)27-6-8-29-9-7-27)13-26-18-12-16(4-5-25-18)20(22,23)24/h1-5,11-12,15H,6-10,13H2,(H,25,26). The predicted molar refractivity (Wildman–Crippen MR) is 98.7 cm³/mol. The van der Waals surface area contributed by atoms with Crippen LogP contribution >= 0.6 is 0 Å². The molecule has 1 fully saturated rings. The minimum atomic E-state index is -4.48. The second kappa shape index (κ2) is 9.21. The largest absolute Gasteiger partial charge is 0.416 e. The Hall–Kier alpha value is -2.68. The Morgan fingerprint density at radius 1 is 1.21 bits per heavy atom. The number of benzene rings is 1. The van der Waals surface area contributed by atoms with E-state index in [4.69, 9.17) is 4.74 Å². The van der Waals surface area contributed by atoms with Crippen LogP contribution < -0.4 is 5.32 Å². The number of hydrogen-bond acceptors (Lipinski definition) is 4. The molecule has 0 radical (unpaired) electrons. The molecule has 9 heteroatoms. The van der Waals surface area contributed by atoms with Gasteiger partial charge in [0.1, 0.15) is 11.6 Å².